The number of piperazine rings is 1. The molecule has 1 aliphatic carbocycles. The number of hydrogen-bond acceptors (Lipinski definition) is 3. The van der Waals surface area contributed by atoms with Gasteiger partial charge in [0.1, 0.15) is 0 Å². The van der Waals surface area contributed by atoms with Crippen LogP contribution in [0.15, 0.2) is 47.5 Å². The summed E-state index contributed by atoms with van der Waals surface area (Å²) < 4.78 is 0. The van der Waals surface area contributed by atoms with Crippen molar-refractivity contribution in [1.29, 1.82) is 0 Å². The summed E-state index contributed by atoms with van der Waals surface area (Å²) in [5.74, 6) is 0.472. The van der Waals surface area contributed by atoms with Gasteiger partial charge in [-0.05, 0) is 60.7 Å². The predicted molar refractivity (Wildman–Crippen MR) is 117 cm³/mol. The third kappa shape index (κ3) is 4.91. The van der Waals surface area contributed by atoms with E-state index in [4.69, 9.17) is 5.73 Å². The Morgan fingerprint density at radius 1 is 0.964 bits per heavy atom. The van der Waals surface area contributed by atoms with Gasteiger partial charge < -0.3 is 16.0 Å². The van der Waals surface area contributed by atoms with Gasteiger partial charge in [0.25, 0.3) is 0 Å². The van der Waals surface area contributed by atoms with Crippen LogP contribution in [0.5, 0.6) is 0 Å². The van der Waals surface area contributed by atoms with Crippen molar-refractivity contribution >= 4 is 11.6 Å². The second-order valence-corrected chi connectivity index (χ2v) is 8.06. The first-order valence-corrected chi connectivity index (χ1v) is 10.3. The van der Waals surface area contributed by atoms with E-state index in [1.165, 1.54) is 41.5 Å². The van der Waals surface area contributed by atoms with Crippen LogP contribution in [0.2, 0.25) is 0 Å². The second kappa shape index (κ2) is 8.76. The molecular weight excluding hydrogens is 346 g/mol. The number of rotatable bonds is 5. The van der Waals surface area contributed by atoms with Gasteiger partial charge in [-0.25, -0.2) is 4.99 Å². The quantitative estimate of drug-likeness (QED) is 0.621. The normalized spacial score (nSPS) is 18.2. The van der Waals surface area contributed by atoms with Crippen molar-refractivity contribution in [3.63, 3.8) is 0 Å². The van der Waals surface area contributed by atoms with Gasteiger partial charge in [-0.15, -0.1) is 0 Å². The molecule has 28 heavy (non-hydrogen) atoms. The van der Waals surface area contributed by atoms with Crippen LogP contribution in [0.4, 0.5) is 5.69 Å². The number of nitrogens with zero attached hydrogens (tertiary/aromatic N) is 3. The molecule has 0 aromatic heterocycles. The molecule has 1 saturated heterocycles. The number of benzene rings is 2. The maximum absolute atomic E-state index is 6.09. The van der Waals surface area contributed by atoms with E-state index in [0.29, 0.717) is 12.5 Å². The summed E-state index contributed by atoms with van der Waals surface area (Å²) in [6.07, 6.45) is 3.62. The molecule has 0 atom stereocenters. The van der Waals surface area contributed by atoms with Crippen molar-refractivity contribution in [2.24, 2.45) is 10.7 Å². The number of anilines is 1. The predicted octanol–water partition coefficient (Wildman–Crippen LogP) is 2.85. The Labute approximate surface area is 168 Å². The van der Waals surface area contributed by atoms with Gasteiger partial charge in [-0.3, -0.25) is 4.90 Å². The average Bonchev–Trinajstić information content (AvgIpc) is 3.17. The maximum atomic E-state index is 6.09. The van der Waals surface area contributed by atoms with Crippen LogP contribution >= 0.6 is 0 Å². The minimum Gasteiger partial charge on any atom is -0.370 e. The lowest BCUT2D eigenvalue weighted by atomic mass is 10.1. The molecule has 2 aromatic carbocycles. The highest BCUT2D eigenvalue weighted by molar-refractivity contribution is 5.92. The standard InChI is InChI=1S/C23H31N5/c1-27-11-13-28(14-12-27)17-19-7-5-18(6-8-19)16-25-23(24)26-22-10-9-20-3-2-4-21(20)15-22/h5-10,15H,2-4,11-14,16-17H2,1H3,(H3,24,25,26). The van der Waals surface area contributed by atoms with Gasteiger partial charge in [0.15, 0.2) is 5.96 Å². The Bertz CT molecular complexity index is 819. The SMILES string of the molecule is CN1CCN(Cc2ccc(CN=C(N)Nc3ccc4c(c3)CCC4)cc2)CC1. The lowest BCUT2D eigenvalue weighted by Crippen LogP contribution is -2.43. The van der Waals surface area contributed by atoms with Crippen LogP contribution in [-0.4, -0.2) is 49.0 Å². The Morgan fingerprint density at radius 2 is 1.68 bits per heavy atom. The van der Waals surface area contributed by atoms with Crippen molar-refractivity contribution in [3.8, 4) is 0 Å². The topological polar surface area (TPSA) is 56.9 Å². The van der Waals surface area contributed by atoms with E-state index >= 15 is 0 Å². The monoisotopic (exact) mass is 377 g/mol. The van der Waals surface area contributed by atoms with Crippen LogP contribution in [0, 0.1) is 0 Å². The molecule has 0 spiro atoms. The van der Waals surface area contributed by atoms with Crippen molar-refractivity contribution in [2.75, 3.05) is 38.5 Å². The number of nitrogens with one attached hydrogen (secondary N) is 1. The van der Waals surface area contributed by atoms with Gasteiger partial charge in [-0.1, -0.05) is 30.3 Å². The van der Waals surface area contributed by atoms with Crippen LogP contribution in [0.1, 0.15) is 28.7 Å². The number of nitrogens with two attached hydrogens (primary N) is 1. The minimum atomic E-state index is 0.472. The summed E-state index contributed by atoms with van der Waals surface area (Å²) in [5, 5.41) is 3.23. The lowest BCUT2D eigenvalue weighted by Gasteiger charge is -2.32. The zero-order valence-corrected chi connectivity index (χ0v) is 16.8. The summed E-state index contributed by atoms with van der Waals surface area (Å²) in [6, 6.07) is 15.3. The molecule has 2 aliphatic rings. The Kier molecular flexibility index (Phi) is 5.93. The number of aryl methyl sites for hydroxylation is 2. The fraction of sp³-hybridized carbons (Fsp3) is 0.435. The fourth-order valence-corrected chi connectivity index (χ4v) is 4.03. The molecule has 0 bridgehead atoms. The van der Waals surface area contributed by atoms with Crippen molar-refractivity contribution < 1.29 is 0 Å². The molecule has 1 heterocycles. The Hall–Kier alpha value is -2.37. The first-order valence-electron chi connectivity index (χ1n) is 10.3. The van der Waals surface area contributed by atoms with Crippen LogP contribution in [-0.2, 0) is 25.9 Å². The van der Waals surface area contributed by atoms with Crippen molar-refractivity contribution in [1.82, 2.24) is 9.80 Å². The molecule has 5 nitrogen and oxygen atoms in total. The molecule has 1 aliphatic heterocycles. The summed E-state index contributed by atoms with van der Waals surface area (Å²) in [4.78, 5) is 9.41. The van der Waals surface area contributed by atoms with Gasteiger partial charge in [0.2, 0.25) is 0 Å². The van der Waals surface area contributed by atoms with E-state index < -0.39 is 0 Å². The lowest BCUT2D eigenvalue weighted by molar-refractivity contribution is 0.148. The van der Waals surface area contributed by atoms with Crippen LogP contribution in [0.25, 0.3) is 0 Å². The first kappa shape index (κ1) is 19.0. The van der Waals surface area contributed by atoms with E-state index in [2.05, 4.69) is 69.6 Å². The Morgan fingerprint density at radius 3 is 2.46 bits per heavy atom. The second-order valence-electron chi connectivity index (χ2n) is 8.06. The molecule has 0 radical (unpaired) electrons. The van der Waals surface area contributed by atoms with E-state index in [0.717, 1.165) is 38.4 Å². The molecule has 0 unspecified atom stereocenters. The Balaban J connectivity index is 1.29. The van der Waals surface area contributed by atoms with E-state index in [1.54, 1.807) is 0 Å². The number of guanidine groups is 1. The number of aliphatic imine (C=N–C) groups is 1. The highest BCUT2D eigenvalue weighted by Gasteiger charge is 2.13. The van der Waals surface area contributed by atoms with Gasteiger partial charge in [0, 0.05) is 38.4 Å². The van der Waals surface area contributed by atoms with Gasteiger partial charge in [0.05, 0.1) is 6.54 Å². The molecule has 2 aromatic rings. The number of hydrogen-bond donors (Lipinski definition) is 2. The molecular formula is C23H31N5. The zero-order chi connectivity index (χ0) is 19.3. The first-order chi connectivity index (χ1) is 13.7. The van der Waals surface area contributed by atoms with E-state index in [1.807, 2.05) is 0 Å². The maximum Gasteiger partial charge on any atom is 0.193 e. The zero-order valence-electron chi connectivity index (χ0n) is 16.8. The summed E-state index contributed by atoms with van der Waals surface area (Å²) in [6.45, 7) is 6.23. The van der Waals surface area contributed by atoms with Crippen LogP contribution in [0.3, 0.4) is 0 Å². The fourth-order valence-electron chi connectivity index (χ4n) is 4.03. The third-order valence-electron chi connectivity index (χ3n) is 5.83. The van der Waals surface area contributed by atoms with Crippen molar-refractivity contribution in [3.05, 3.63) is 64.7 Å². The highest BCUT2D eigenvalue weighted by Crippen LogP contribution is 2.24. The summed E-state index contributed by atoms with van der Waals surface area (Å²) in [7, 11) is 2.19. The highest BCUT2D eigenvalue weighted by atomic mass is 15.2. The largest absolute Gasteiger partial charge is 0.370 e. The van der Waals surface area contributed by atoms with E-state index in [-0.39, 0.29) is 0 Å². The van der Waals surface area contributed by atoms with Gasteiger partial charge >= 0.3 is 0 Å². The molecule has 4 rings (SSSR count). The summed E-state index contributed by atoms with van der Waals surface area (Å²) >= 11 is 0. The molecule has 5 heteroatoms. The summed E-state index contributed by atoms with van der Waals surface area (Å²) in [5.41, 5.74) is 12.6. The van der Waals surface area contributed by atoms with Crippen LogP contribution < -0.4 is 11.1 Å². The minimum absolute atomic E-state index is 0.472. The molecule has 0 amide bonds. The molecule has 3 N–H and O–H groups in total. The number of fused-ring (bicyclic) bond motifs is 1. The van der Waals surface area contributed by atoms with E-state index in [9.17, 15) is 0 Å². The smallest absolute Gasteiger partial charge is 0.193 e. The average molecular weight is 378 g/mol. The van der Waals surface area contributed by atoms with Gasteiger partial charge in [-0.2, -0.15) is 0 Å². The van der Waals surface area contributed by atoms with Crippen molar-refractivity contribution in [2.45, 2.75) is 32.4 Å². The molecule has 0 saturated carbocycles. The third-order valence-corrected chi connectivity index (χ3v) is 5.83. The molecule has 1 fully saturated rings. The number of likely N-dealkylation sites (N-methyl/N-ethyl adjacent to an activating group) is 1. The molecule has 148 valence electrons.